The van der Waals surface area contributed by atoms with Crippen LogP contribution in [0, 0.1) is 10.1 Å². The van der Waals surface area contributed by atoms with Gasteiger partial charge in [0.25, 0.3) is 5.69 Å². The van der Waals surface area contributed by atoms with Gasteiger partial charge in [0.15, 0.2) is 0 Å². The summed E-state index contributed by atoms with van der Waals surface area (Å²) in [5, 5.41) is 13.1. The Morgan fingerprint density at radius 3 is 2.45 bits per heavy atom. The van der Waals surface area contributed by atoms with E-state index in [2.05, 4.69) is 10.0 Å². The number of nitro groups is 1. The molecule has 1 amide bonds. The molecule has 8 nitrogen and oxygen atoms in total. The van der Waals surface area contributed by atoms with Crippen molar-refractivity contribution in [2.45, 2.75) is 23.8 Å². The smallest absolute Gasteiger partial charge is 0.269 e. The average molecular weight is 299 g/mol. The predicted molar refractivity (Wildman–Crippen MR) is 69.4 cm³/mol. The number of hydrogen-bond acceptors (Lipinski definition) is 5. The SMILES string of the molecule is O=C1CCC(NS(=O)(=O)c2ccc([N+](=O)[O-])cc2)CN1. The van der Waals surface area contributed by atoms with Gasteiger partial charge in [-0.3, -0.25) is 14.9 Å². The van der Waals surface area contributed by atoms with E-state index in [0.29, 0.717) is 6.42 Å². The van der Waals surface area contributed by atoms with Crippen LogP contribution in [0.4, 0.5) is 5.69 Å². The Morgan fingerprint density at radius 2 is 1.95 bits per heavy atom. The van der Waals surface area contributed by atoms with Crippen LogP contribution in [0.2, 0.25) is 0 Å². The van der Waals surface area contributed by atoms with Gasteiger partial charge in [-0.05, 0) is 18.6 Å². The van der Waals surface area contributed by atoms with Gasteiger partial charge in [-0.15, -0.1) is 0 Å². The van der Waals surface area contributed by atoms with Crippen molar-refractivity contribution in [3.8, 4) is 0 Å². The summed E-state index contributed by atoms with van der Waals surface area (Å²) >= 11 is 0. The molecule has 20 heavy (non-hydrogen) atoms. The monoisotopic (exact) mass is 299 g/mol. The first kappa shape index (κ1) is 14.4. The lowest BCUT2D eigenvalue weighted by molar-refractivity contribution is -0.384. The summed E-state index contributed by atoms with van der Waals surface area (Å²) in [6.07, 6.45) is 0.700. The molecule has 0 saturated carbocycles. The number of carbonyl (C=O) groups is 1. The van der Waals surface area contributed by atoms with Crippen molar-refractivity contribution in [1.82, 2.24) is 10.0 Å². The molecule has 1 unspecified atom stereocenters. The third-order valence-corrected chi connectivity index (χ3v) is 4.48. The Labute approximate surface area is 115 Å². The van der Waals surface area contributed by atoms with Crippen molar-refractivity contribution in [2.75, 3.05) is 6.54 Å². The topological polar surface area (TPSA) is 118 Å². The molecule has 1 heterocycles. The molecule has 108 valence electrons. The molecular weight excluding hydrogens is 286 g/mol. The van der Waals surface area contributed by atoms with Gasteiger partial charge in [0.2, 0.25) is 15.9 Å². The Bertz CT molecular complexity index is 616. The molecule has 1 aliphatic heterocycles. The number of nitrogens with one attached hydrogen (secondary N) is 2. The average Bonchev–Trinajstić information content (AvgIpc) is 2.41. The second kappa shape index (κ2) is 5.55. The van der Waals surface area contributed by atoms with E-state index in [1.807, 2.05) is 0 Å². The zero-order chi connectivity index (χ0) is 14.8. The lowest BCUT2D eigenvalue weighted by Gasteiger charge is -2.23. The van der Waals surface area contributed by atoms with E-state index in [1.165, 1.54) is 12.1 Å². The summed E-state index contributed by atoms with van der Waals surface area (Å²) in [6.45, 7) is 0.241. The third kappa shape index (κ3) is 3.31. The largest absolute Gasteiger partial charge is 0.355 e. The highest BCUT2D eigenvalue weighted by Crippen LogP contribution is 2.16. The quantitative estimate of drug-likeness (QED) is 0.606. The summed E-state index contributed by atoms with van der Waals surface area (Å²) < 4.78 is 26.6. The normalized spacial score (nSPS) is 19.4. The van der Waals surface area contributed by atoms with Crippen LogP contribution in [0.1, 0.15) is 12.8 Å². The Morgan fingerprint density at radius 1 is 1.30 bits per heavy atom. The first-order chi connectivity index (χ1) is 9.38. The third-order valence-electron chi connectivity index (χ3n) is 2.95. The predicted octanol–water partition coefficient (Wildman–Crippen LogP) is 0.152. The molecule has 0 spiro atoms. The fourth-order valence-corrected chi connectivity index (χ4v) is 3.14. The van der Waals surface area contributed by atoms with E-state index >= 15 is 0 Å². The number of hydrogen-bond donors (Lipinski definition) is 2. The van der Waals surface area contributed by atoms with Gasteiger partial charge in [0.1, 0.15) is 0 Å². The van der Waals surface area contributed by atoms with E-state index in [9.17, 15) is 23.3 Å². The van der Waals surface area contributed by atoms with Crippen LogP contribution in [0.25, 0.3) is 0 Å². The van der Waals surface area contributed by atoms with Crippen LogP contribution in [-0.2, 0) is 14.8 Å². The van der Waals surface area contributed by atoms with E-state index < -0.39 is 14.9 Å². The van der Waals surface area contributed by atoms with Gasteiger partial charge in [-0.2, -0.15) is 0 Å². The molecule has 2 rings (SSSR count). The first-order valence-corrected chi connectivity index (χ1v) is 7.40. The van der Waals surface area contributed by atoms with Crippen molar-refractivity contribution in [2.24, 2.45) is 0 Å². The van der Waals surface area contributed by atoms with Gasteiger partial charge in [-0.25, -0.2) is 13.1 Å². The maximum absolute atomic E-state index is 12.1. The molecular formula is C11H13N3O5S. The van der Waals surface area contributed by atoms with Crippen molar-refractivity contribution in [3.05, 3.63) is 34.4 Å². The van der Waals surface area contributed by atoms with Crippen molar-refractivity contribution in [3.63, 3.8) is 0 Å². The summed E-state index contributed by atoms with van der Waals surface area (Å²) in [5.74, 6) is -0.101. The number of non-ortho nitro benzene ring substituents is 1. The van der Waals surface area contributed by atoms with Crippen LogP contribution < -0.4 is 10.0 Å². The molecule has 1 aromatic rings. The highest BCUT2D eigenvalue weighted by atomic mass is 32.2. The maximum atomic E-state index is 12.1. The van der Waals surface area contributed by atoms with Crippen LogP contribution in [0.15, 0.2) is 29.2 Å². The molecule has 1 aliphatic rings. The fraction of sp³-hybridized carbons (Fsp3) is 0.364. The molecule has 1 atom stereocenters. The van der Waals surface area contributed by atoms with Crippen LogP contribution in [0.5, 0.6) is 0 Å². The molecule has 0 aromatic heterocycles. The summed E-state index contributed by atoms with van der Waals surface area (Å²) in [5.41, 5.74) is -0.172. The summed E-state index contributed by atoms with van der Waals surface area (Å²) in [4.78, 5) is 20.9. The fourth-order valence-electron chi connectivity index (χ4n) is 1.87. The molecule has 2 N–H and O–H groups in total. The first-order valence-electron chi connectivity index (χ1n) is 5.92. The maximum Gasteiger partial charge on any atom is 0.269 e. The Balaban J connectivity index is 2.10. The van der Waals surface area contributed by atoms with E-state index in [0.717, 1.165) is 12.1 Å². The van der Waals surface area contributed by atoms with E-state index in [4.69, 9.17) is 0 Å². The second-order valence-electron chi connectivity index (χ2n) is 4.41. The Kier molecular flexibility index (Phi) is 4.00. The van der Waals surface area contributed by atoms with E-state index in [1.54, 1.807) is 0 Å². The molecule has 0 bridgehead atoms. The van der Waals surface area contributed by atoms with Crippen LogP contribution >= 0.6 is 0 Å². The lowest BCUT2D eigenvalue weighted by Crippen LogP contribution is -2.47. The van der Waals surface area contributed by atoms with Crippen molar-refractivity contribution < 1.29 is 18.1 Å². The van der Waals surface area contributed by atoms with Gasteiger partial charge in [0, 0.05) is 31.1 Å². The number of amides is 1. The number of nitrogens with zero attached hydrogens (tertiary/aromatic N) is 1. The standard InChI is InChI=1S/C11H13N3O5S/c15-11-6-1-8(7-12-11)13-20(18,19)10-4-2-9(3-5-10)14(16)17/h2-5,8,13H,1,6-7H2,(H,12,15). The molecule has 0 radical (unpaired) electrons. The van der Waals surface area contributed by atoms with Gasteiger partial charge in [-0.1, -0.05) is 0 Å². The van der Waals surface area contributed by atoms with Gasteiger partial charge in [0.05, 0.1) is 9.82 Å². The second-order valence-corrected chi connectivity index (χ2v) is 6.13. The zero-order valence-electron chi connectivity index (χ0n) is 10.4. The number of piperidine rings is 1. The summed E-state index contributed by atoms with van der Waals surface area (Å²) in [6, 6.07) is 4.27. The van der Waals surface area contributed by atoms with Gasteiger partial charge < -0.3 is 5.32 Å². The van der Waals surface area contributed by atoms with Crippen molar-refractivity contribution >= 4 is 21.6 Å². The molecule has 1 saturated heterocycles. The minimum absolute atomic E-state index is 0.0417. The highest BCUT2D eigenvalue weighted by molar-refractivity contribution is 7.89. The van der Waals surface area contributed by atoms with Crippen molar-refractivity contribution in [1.29, 1.82) is 0 Å². The van der Waals surface area contributed by atoms with Crippen LogP contribution in [0.3, 0.4) is 0 Å². The number of sulfonamides is 1. The molecule has 0 aliphatic carbocycles. The number of rotatable bonds is 4. The van der Waals surface area contributed by atoms with E-state index in [-0.39, 0.29) is 35.5 Å². The minimum Gasteiger partial charge on any atom is -0.355 e. The molecule has 9 heteroatoms. The zero-order valence-corrected chi connectivity index (χ0v) is 11.2. The summed E-state index contributed by atoms with van der Waals surface area (Å²) in [7, 11) is -3.74. The van der Waals surface area contributed by atoms with Crippen LogP contribution in [-0.4, -0.2) is 31.8 Å². The Hall–Kier alpha value is -2.00. The highest BCUT2D eigenvalue weighted by Gasteiger charge is 2.24. The van der Waals surface area contributed by atoms with Gasteiger partial charge >= 0.3 is 0 Å². The number of carbonyl (C=O) groups excluding carboxylic acids is 1. The molecule has 1 aromatic carbocycles. The molecule has 1 fully saturated rings. The lowest BCUT2D eigenvalue weighted by atomic mass is 10.1. The number of benzene rings is 1. The minimum atomic E-state index is -3.74. The number of nitro benzene ring substituents is 1.